The van der Waals surface area contributed by atoms with Gasteiger partial charge in [0.15, 0.2) is 0 Å². The Morgan fingerprint density at radius 1 is 1.27 bits per heavy atom. The van der Waals surface area contributed by atoms with Crippen LogP contribution in [-0.4, -0.2) is 34.7 Å². The van der Waals surface area contributed by atoms with Crippen LogP contribution in [0.5, 0.6) is 0 Å². The van der Waals surface area contributed by atoms with Crippen molar-refractivity contribution in [2.75, 3.05) is 6.54 Å². The first-order valence-electron chi connectivity index (χ1n) is 5.17. The standard InChI is InChI=1S/C10H17NO4/c1-6-8(5-10(14)15)7(2-3-11-6)4-9(12)13/h6-8,11H,2-5H2,1H3,(H,12,13)(H,14,15)/t6-,7-,8+/m0/s1. The second-order valence-corrected chi connectivity index (χ2v) is 4.15. The number of hydrogen-bond acceptors (Lipinski definition) is 3. The zero-order valence-electron chi connectivity index (χ0n) is 8.77. The first-order chi connectivity index (χ1) is 7.00. The van der Waals surface area contributed by atoms with E-state index in [-0.39, 0.29) is 30.7 Å². The van der Waals surface area contributed by atoms with Gasteiger partial charge in [-0.05, 0) is 31.7 Å². The highest BCUT2D eigenvalue weighted by Crippen LogP contribution is 2.29. The molecule has 1 aliphatic heterocycles. The normalized spacial score (nSPS) is 31.1. The molecule has 0 bridgehead atoms. The number of nitrogens with one attached hydrogen (secondary N) is 1. The predicted molar refractivity (Wildman–Crippen MR) is 53.6 cm³/mol. The maximum atomic E-state index is 10.7. The van der Waals surface area contributed by atoms with E-state index in [4.69, 9.17) is 10.2 Å². The lowest BCUT2D eigenvalue weighted by Crippen LogP contribution is -2.45. The van der Waals surface area contributed by atoms with Gasteiger partial charge in [-0.1, -0.05) is 0 Å². The van der Waals surface area contributed by atoms with Gasteiger partial charge in [0.25, 0.3) is 0 Å². The van der Waals surface area contributed by atoms with Crippen LogP contribution in [0.25, 0.3) is 0 Å². The summed E-state index contributed by atoms with van der Waals surface area (Å²) in [6.07, 6.45) is 0.866. The smallest absolute Gasteiger partial charge is 0.303 e. The number of rotatable bonds is 4. The van der Waals surface area contributed by atoms with Gasteiger partial charge in [-0.3, -0.25) is 9.59 Å². The summed E-state index contributed by atoms with van der Waals surface area (Å²) in [5.74, 6) is -1.79. The number of aliphatic carboxylic acids is 2. The summed E-state index contributed by atoms with van der Waals surface area (Å²) in [6.45, 7) is 2.69. The number of hydrogen-bond donors (Lipinski definition) is 3. The minimum Gasteiger partial charge on any atom is -0.481 e. The molecular formula is C10H17NO4. The van der Waals surface area contributed by atoms with Gasteiger partial charge < -0.3 is 15.5 Å². The van der Waals surface area contributed by atoms with E-state index in [1.54, 1.807) is 0 Å². The van der Waals surface area contributed by atoms with Crippen LogP contribution in [0.1, 0.15) is 26.2 Å². The molecule has 0 aliphatic carbocycles. The highest BCUT2D eigenvalue weighted by atomic mass is 16.4. The summed E-state index contributed by atoms with van der Waals surface area (Å²) >= 11 is 0. The Bertz CT molecular complexity index is 254. The van der Waals surface area contributed by atoms with Crippen LogP contribution in [0.15, 0.2) is 0 Å². The molecule has 86 valence electrons. The number of carbonyl (C=O) groups is 2. The van der Waals surface area contributed by atoms with Crippen LogP contribution in [0.3, 0.4) is 0 Å². The molecule has 15 heavy (non-hydrogen) atoms. The molecule has 3 atom stereocenters. The van der Waals surface area contributed by atoms with E-state index in [1.165, 1.54) is 0 Å². The molecule has 0 aromatic carbocycles. The van der Waals surface area contributed by atoms with E-state index < -0.39 is 11.9 Å². The third kappa shape index (κ3) is 3.51. The van der Waals surface area contributed by atoms with Crippen molar-refractivity contribution < 1.29 is 19.8 Å². The van der Waals surface area contributed by atoms with Crippen LogP contribution < -0.4 is 5.32 Å². The third-order valence-electron chi connectivity index (χ3n) is 3.08. The van der Waals surface area contributed by atoms with Gasteiger partial charge in [0, 0.05) is 18.9 Å². The molecule has 1 rings (SSSR count). The molecule has 3 N–H and O–H groups in total. The molecular weight excluding hydrogens is 198 g/mol. The average molecular weight is 215 g/mol. The highest BCUT2D eigenvalue weighted by molar-refractivity contribution is 5.69. The van der Waals surface area contributed by atoms with Crippen LogP contribution in [0.2, 0.25) is 0 Å². The summed E-state index contributed by atoms with van der Waals surface area (Å²) in [5, 5.41) is 20.7. The van der Waals surface area contributed by atoms with Crippen molar-refractivity contribution in [3.05, 3.63) is 0 Å². The minimum atomic E-state index is -0.856. The molecule has 0 aromatic heterocycles. The van der Waals surface area contributed by atoms with Gasteiger partial charge in [-0.25, -0.2) is 0 Å². The largest absolute Gasteiger partial charge is 0.481 e. The Labute approximate surface area is 88.5 Å². The van der Waals surface area contributed by atoms with E-state index in [2.05, 4.69) is 5.32 Å². The maximum absolute atomic E-state index is 10.7. The topological polar surface area (TPSA) is 86.6 Å². The molecule has 5 heteroatoms. The summed E-state index contributed by atoms with van der Waals surface area (Å²) in [6, 6.07) is 0.0826. The quantitative estimate of drug-likeness (QED) is 0.637. The number of piperidine rings is 1. The fraction of sp³-hybridized carbons (Fsp3) is 0.800. The zero-order chi connectivity index (χ0) is 11.4. The van der Waals surface area contributed by atoms with Gasteiger partial charge in [0.05, 0.1) is 0 Å². The molecule has 0 amide bonds. The van der Waals surface area contributed by atoms with Crippen molar-refractivity contribution in [3.8, 4) is 0 Å². The molecule has 5 nitrogen and oxygen atoms in total. The van der Waals surface area contributed by atoms with E-state index in [0.717, 1.165) is 13.0 Å². The highest BCUT2D eigenvalue weighted by Gasteiger charge is 2.33. The van der Waals surface area contributed by atoms with Gasteiger partial charge in [-0.15, -0.1) is 0 Å². The zero-order valence-corrected chi connectivity index (χ0v) is 8.77. The lowest BCUT2D eigenvalue weighted by atomic mass is 9.77. The summed E-state index contributed by atoms with van der Waals surface area (Å²) in [4.78, 5) is 21.3. The third-order valence-corrected chi connectivity index (χ3v) is 3.08. The number of carboxylic acids is 2. The van der Waals surface area contributed by atoms with Crippen LogP contribution in [0.4, 0.5) is 0 Å². The molecule has 1 aliphatic rings. The fourth-order valence-electron chi connectivity index (χ4n) is 2.29. The molecule has 0 unspecified atom stereocenters. The second-order valence-electron chi connectivity index (χ2n) is 4.15. The maximum Gasteiger partial charge on any atom is 0.303 e. The lowest BCUT2D eigenvalue weighted by molar-refractivity contribution is -0.142. The first-order valence-corrected chi connectivity index (χ1v) is 5.17. The predicted octanol–water partition coefficient (Wildman–Crippen LogP) is 0.550. The molecule has 0 spiro atoms. The van der Waals surface area contributed by atoms with Crippen molar-refractivity contribution in [1.82, 2.24) is 5.32 Å². The second kappa shape index (κ2) is 5.11. The van der Waals surface area contributed by atoms with Gasteiger partial charge in [0.2, 0.25) is 0 Å². The Hall–Kier alpha value is -1.10. The van der Waals surface area contributed by atoms with Gasteiger partial charge in [0.1, 0.15) is 0 Å². The van der Waals surface area contributed by atoms with E-state index >= 15 is 0 Å². The van der Waals surface area contributed by atoms with Crippen LogP contribution >= 0.6 is 0 Å². The SMILES string of the molecule is C[C@@H]1NCC[C@@H](CC(=O)O)[C@@H]1CC(=O)O. The Balaban J connectivity index is 2.63. The van der Waals surface area contributed by atoms with Crippen molar-refractivity contribution in [3.63, 3.8) is 0 Å². The van der Waals surface area contributed by atoms with Crippen molar-refractivity contribution in [2.24, 2.45) is 11.8 Å². The fourth-order valence-corrected chi connectivity index (χ4v) is 2.29. The molecule has 1 heterocycles. The summed E-state index contributed by atoms with van der Waals surface area (Å²) < 4.78 is 0. The van der Waals surface area contributed by atoms with E-state index in [9.17, 15) is 9.59 Å². The minimum absolute atomic E-state index is 0.0187. The van der Waals surface area contributed by atoms with Crippen LogP contribution in [-0.2, 0) is 9.59 Å². The Morgan fingerprint density at radius 2 is 1.87 bits per heavy atom. The Kier molecular flexibility index (Phi) is 4.08. The molecule has 0 radical (unpaired) electrons. The van der Waals surface area contributed by atoms with Crippen molar-refractivity contribution in [2.45, 2.75) is 32.2 Å². The molecule has 1 fully saturated rings. The lowest BCUT2D eigenvalue weighted by Gasteiger charge is -2.35. The first kappa shape index (κ1) is 12.0. The van der Waals surface area contributed by atoms with Crippen LogP contribution in [0, 0.1) is 11.8 Å². The average Bonchev–Trinajstić information content (AvgIpc) is 2.09. The van der Waals surface area contributed by atoms with Gasteiger partial charge >= 0.3 is 11.9 Å². The van der Waals surface area contributed by atoms with Gasteiger partial charge in [-0.2, -0.15) is 0 Å². The van der Waals surface area contributed by atoms with Crippen molar-refractivity contribution in [1.29, 1.82) is 0 Å². The monoisotopic (exact) mass is 215 g/mol. The summed E-state index contributed by atoms with van der Waals surface area (Å²) in [5.41, 5.74) is 0. The molecule has 0 aromatic rings. The molecule has 0 saturated carbocycles. The van der Waals surface area contributed by atoms with E-state index in [0.29, 0.717) is 0 Å². The molecule has 1 saturated heterocycles. The van der Waals surface area contributed by atoms with Crippen molar-refractivity contribution >= 4 is 11.9 Å². The summed E-state index contributed by atoms with van der Waals surface area (Å²) in [7, 11) is 0. The number of carboxylic acid groups (broad SMARTS) is 2. The van der Waals surface area contributed by atoms with E-state index in [1.807, 2.05) is 6.92 Å². The Morgan fingerprint density at radius 3 is 2.40 bits per heavy atom.